The summed E-state index contributed by atoms with van der Waals surface area (Å²) in [4.78, 5) is 12.3. The van der Waals surface area contributed by atoms with Gasteiger partial charge in [-0.05, 0) is 36.4 Å². The van der Waals surface area contributed by atoms with Crippen molar-refractivity contribution in [1.29, 1.82) is 0 Å². The number of benzene rings is 2. The first-order chi connectivity index (χ1) is 9.56. The molecule has 5 heteroatoms. The molecule has 2 aromatic carbocycles. The lowest BCUT2D eigenvalue weighted by molar-refractivity contribution is 0.103. The number of hydrogen-bond donors (Lipinski definition) is 0. The van der Waals surface area contributed by atoms with Gasteiger partial charge in [0.2, 0.25) is 0 Å². The summed E-state index contributed by atoms with van der Waals surface area (Å²) in [7, 11) is 2.70. The highest BCUT2D eigenvalue weighted by molar-refractivity contribution is 6.10. The van der Waals surface area contributed by atoms with Crippen LogP contribution in [-0.2, 0) is 0 Å². The molecule has 0 N–H and O–H groups in total. The van der Waals surface area contributed by atoms with Crippen molar-refractivity contribution in [2.75, 3.05) is 14.2 Å². The molecule has 2 rings (SSSR count). The maximum atomic E-state index is 13.6. The third kappa shape index (κ3) is 2.61. The lowest BCUT2D eigenvalue weighted by Gasteiger charge is -2.09. The van der Waals surface area contributed by atoms with Gasteiger partial charge in [0.1, 0.15) is 11.6 Å². The first-order valence-corrected chi connectivity index (χ1v) is 5.78. The molecule has 0 unspecified atom stereocenters. The van der Waals surface area contributed by atoms with Crippen molar-refractivity contribution >= 4 is 5.78 Å². The van der Waals surface area contributed by atoms with Gasteiger partial charge in [-0.25, -0.2) is 8.78 Å². The summed E-state index contributed by atoms with van der Waals surface area (Å²) in [5.41, 5.74) is 0.129. The first-order valence-electron chi connectivity index (χ1n) is 5.78. The molecule has 0 radical (unpaired) electrons. The van der Waals surface area contributed by atoms with Gasteiger partial charge in [0.15, 0.2) is 17.3 Å². The predicted molar refractivity (Wildman–Crippen MR) is 69.3 cm³/mol. The van der Waals surface area contributed by atoms with E-state index in [2.05, 4.69) is 0 Å². The maximum Gasteiger partial charge on any atom is 0.196 e. The fourth-order valence-corrected chi connectivity index (χ4v) is 1.82. The zero-order valence-corrected chi connectivity index (χ0v) is 10.9. The van der Waals surface area contributed by atoms with Crippen LogP contribution in [0.4, 0.5) is 8.78 Å². The van der Waals surface area contributed by atoms with Crippen LogP contribution in [0.15, 0.2) is 36.4 Å². The highest BCUT2D eigenvalue weighted by Crippen LogP contribution is 2.25. The zero-order chi connectivity index (χ0) is 14.7. The molecule has 0 saturated carbocycles. The minimum absolute atomic E-state index is 0.0350. The van der Waals surface area contributed by atoms with E-state index < -0.39 is 17.4 Å². The summed E-state index contributed by atoms with van der Waals surface area (Å²) in [5.74, 6) is -1.49. The molecule has 0 aliphatic carbocycles. The van der Waals surface area contributed by atoms with Crippen LogP contribution in [0, 0.1) is 11.6 Å². The molecule has 0 spiro atoms. The van der Waals surface area contributed by atoms with Gasteiger partial charge in [-0.15, -0.1) is 0 Å². The molecule has 0 saturated heterocycles. The molecule has 0 aliphatic heterocycles. The number of ether oxygens (including phenoxy) is 2. The third-order valence-corrected chi connectivity index (χ3v) is 2.82. The molecule has 2 aromatic rings. The van der Waals surface area contributed by atoms with E-state index >= 15 is 0 Å². The summed E-state index contributed by atoms with van der Waals surface area (Å²) in [6.07, 6.45) is 0. The number of halogens is 2. The van der Waals surface area contributed by atoms with E-state index in [1.165, 1.54) is 38.5 Å². The Morgan fingerprint density at radius 2 is 1.60 bits per heavy atom. The summed E-state index contributed by atoms with van der Waals surface area (Å²) < 4.78 is 36.7. The minimum Gasteiger partial charge on any atom is -0.496 e. The summed E-state index contributed by atoms with van der Waals surface area (Å²) in [6, 6.07) is 7.39. The lowest BCUT2D eigenvalue weighted by atomic mass is 10.0. The minimum atomic E-state index is -0.659. The molecular formula is C15H12F2O3. The topological polar surface area (TPSA) is 35.5 Å². The van der Waals surface area contributed by atoms with Crippen LogP contribution in [0.3, 0.4) is 0 Å². The zero-order valence-electron chi connectivity index (χ0n) is 10.9. The highest BCUT2D eigenvalue weighted by atomic mass is 19.1. The lowest BCUT2D eigenvalue weighted by Crippen LogP contribution is -2.05. The molecule has 0 aliphatic rings. The van der Waals surface area contributed by atoms with Crippen LogP contribution in [0.2, 0.25) is 0 Å². The number of carbonyl (C=O) groups excluding carboxylic acids is 1. The molecule has 0 bridgehead atoms. The van der Waals surface area contributed by atoms with Crippen LogP contribution in [0.1, 0.15) is 15.9 Å². The molecule has 0 atom stereocenters. The SMILES string of the molecule is COc1ccc(C(=O)c2cc(F)ccc2OC)cc1F. The molecule has 0 amide bonds. The van der Waals surface area contributed by atoms with Crippen LogP contribution in [-0.4, -0.2) is 20.0 Å². The van der Waals surface area contributed by atoms with E-state index in [1.807, 2.05) is 0 Å². The van der Waals surface area contributed by atoms with E-state index in [9.17, 15) is 13.6 Å². The predicted octanol–water partition coefficient (Wildman–Crippen LogP) is 3.21. The second-order valence-electron chi connectivity index (χ2n) is 4.02. The van der Waals surface area contributed by atoms with E-state index in [0.29, 0.717) is 0 Å². The Morgan fingerprint density at radius 1 is 0.950 bits per heavy atom. The van der Waals surface area contributed by atoms with Crippen molar-refractivity contribution in [2.24, 2.45) is 0 Å². The normalized spacial score (nSPS) is 10.2. The number of ketones is 1. The van der Waals surface area contributed by atoms with Crippen LogP contribution in [0.25, 0.3) is 0 Å². The molecule has 20 heavy (non-hydrogen) atoms. The molecule has 0 heterocycles. The average molecular weight is 278 g/mol. The Hall–Kier alpha value is -2.43. The maximum absolute atomic E-state index is 13.6. The number of methoxy groups -OCH3 is 2. The Balaban J connectivity index is 2.46. The van der Waals surface area contributed by atoms with Gasteiger partial charge in [0, 0.05) is 5.56 Å². The van der Waals surface area contributed by atoms with Gasteiger partial charge >= 0.3 is 0 Å². The van der Waals surface area contributed by atoms with Crippen molar-refractivity contribution in [3.05, 3.63) is 59.2 Å². The molecule has 0 fully saturated rings. The van der Waals surface area contributed by atoms with Gasteiger partial charge in [0.05, 0.1) is 19.8 Å². The van der Waals surface area contributed by atoms with Crippen LogP contribution < -0.4 is 9.47 Å². The second-order valence-corrected chi connectivity index (χ2v) is 4.02. The van der Waals surface area contributed by atoms with Crippen molar-refractivity contribution in [3.8, 4) is 11.5 Å². The van der Waals surface area contributed by atoms with Gasteiger partial charge in [0.25, 0.3) is 0 Å². The Kier molecular flexibility index (Phi) is 3.98. The van der Waals surface area contributed by atoms with E-state index in [1.54, 1.807) is 0 Å². The number of hydrogen-bond acceptors (Lipinski definition) is 3. The standard InChI is InChI=1S/C15H12F2O3/c1-19-13-6-4-10(16)8-11(13)15(18)9-3-5-14(20-2)12(17)7-9/h3-8H,1-2H3. The monoisotopic (exact) mass is 278 g/mol. The van der Waals surface area contributed by atoms with Gasteiger partial charge in [-0.3, -0.25) is 4.79 Å². The smallest absolute Gasteiger partial charge is 0.196 e. The molecular weight excluding hydrogens is 266 g/mol. The molecule has 104 valence electrons. The first kappa shape index (κ1) is 14.0. The summed E-state index contributed by atoms with van der Waals surface area (Å²) in [5, 5.41) is 0. The van der Waals surface area contributed by atoms with Crippen LogP contribution >= 0.6 is 0 Å². The summed E-state index contributed by atoms with van der Waals surface area (Å²) >= 11 is 0. The number of carbonyl (C=O) groups is 1. The Bertz CT molecular complexity index is 654. The van der Waals surface area contributed by atoms with Crippen molar-refractivity contribution in [2.45, 2.75) is 0 Å². The number of rotatable bonds is 4. The van der Waals surface area contributed by atoms with Gasteiger partial charge in [-0.1, -0.05) is 0 Å². The van der Waals surface area contributed by atoms with Crippen molar-refractivity contribution in [3.63, 3.8) is 0 Å². The van der Waals surface area contributed by atoms with Gasteiger partial charge < -0.3 is 9.47 Å². The average Bonchev–Trinajstić information content (AvgIpc) is 2.46. The highest BCUT2D eigenvalue weighted by Gasteiger charge is 2.17. The second kappa shape index (κ2) is 5.69. The largest absolute Gasteiger partial charge is 0.496 e. The van der Waals surface area contributed by atoms with E-state index in [-0.39, 0.29) is 22.6 Å². The van der Waals surface area contributed by atoms with E-state index in [4.69, 9.17) is 9.47 Å². The quantitative estimate of drug-likeness (QED) is 0.806. The van der Waals surface area contributed by atoms with Gasteiger partial charge in [-0.2, -0.15) is 0 Å². The van der Waals surface area contributed by atoms with E-state index in [0.717, 1.165) is 12.1 Å². The van der Waals surface area contributed by atoms with Crippen molar-refractivity contribution in [1.82, 2.24) is 0 Å². The third-order valence-electron chi connectivity index (χ3n) is 2.82. The fourth-order valence-electron chi connectivity index (χ4n) is 1.82. The Labute approximate surface area is 114 Å². The molecule has 3 nitrogen and oxygen atoms in total. The molecule has 0 aromatic heterocycles. The Morgan fingerprint density at radius 3 is 2.20 bits per heavy atom. The van der Waals surface area contributed by atoms with Crippen molar-refractivity contribution < 1.29 is 23.0 Å². The summed E-state index contributed by atoms with van der Waals surface area (Å²) in [6.45, 7) is 0. The fraction of sp³-hybridized carbons (Fsp3) is 0.133. The van der Waals surface area contributed by atoms with Crippen LogP contribution in [0.5, 0.6) is 11.5 Å².